The lowest BCUT2D eigenvalue weighted by Crippen LogP contribution is -2.42. The van der Waals surface area contributed by atoms with Crippen LogP contribution in [0.25, 0.3) is 0 Å². The molecule has 0 fully saturated rings. The summed E-state index contributed by atoms with van der Waals surface area (Å²) in [6, 6.07) is 7.75. The Morgan fingerprint density at radius 1 is 1.35 bits per heavy atom. The molecule has 1 aliphatic carbocycles. The average Bonchev–Trinajstić information content (AvgIpc) is 2.40. The third-order valence-corrected chi connectivity index (χ3v) is 3.81. The monoisotopic (exact) mass is 265 g/mol. The molecule has 1 atom stereocenters. The standard InChI is InChI=1S/C17H15NO2/c1-10-4-5-14-12(6-10)15(19)13-7-11(9-18)8-17(2,3)16(13)20-14/h4-8,16H,1-3H3. The number of rotatable bonds is 0. The molecular weight excluding hydrogens is 250 g/mol. The van der Waals surface area contributed by atoms with Gasteiger partial charge in [0.2, 0.25) is 0 Å². The van der Waals surface area contributed by atoms with Crippen LogP contribution in [-0.4, -0.2) is 11.9 Å². The number of ketones is 1. The summed E-state index contributed by atoms with van der Waals surface area (Å²) in [7, 11) is 0. The first-order valence-electron chi connectivity index (χ1n) is 6.59. The minimum Gasteiger partial charge on any atom is -0.484 e. The molecule has 20 heavy (non-hydrogen) atoms. The van der Waals surface area contributed by atoms with Gasteiger partial charge in [0, 0.05) is 16.6 Å². The first-order chi connectivity index (χ1) is 9.42. The molecule has 0 N–H and O–H groups in total. The van der Waals surface area contributed by atoms with Gasteiger partial charge in [-0.3, -0.25) is 4.79 Å². The van der Waals surface area contributed by atoms with Gasteiger partial charge in [-0.05, 0) is 25.1 Å². The van der Waals surface area contributed by atoms with Crippen LogP contribution in [0.5, 0.6) is 5.75 Å². The molecule has 3 nitrogen and oxygen atoms in total. The number of fused-ring (bicyclic) bond motifs is 2. The van der Waals surface area contributed by atoms with Crippen LogP contribution < -0.4 is 4.74 Å². The topological polar surface area (TPSA) is 50.1 Å². The van der Waals surface area contributed by atoms with Gasteiger partial charge in [-0.2, -0.15) is 5.26 Å². The van der Waals surface area contributed by atoms with Crippen LogP contribution in [-0.2, 0) is 0 Å². The summed E-state index contributed by atoms with van der Waals surface area (Å²) < 4.78 is 6.03. The second-order valence-electron chi connectivity index (χ2n) is 5.96. The number of nitriles is 1. The molecule has 100 valence electrons. The lowest BCUT2D eigenvalue weighted by molar-refractivity contribution is 0.0846. The van der Waals surface area contributed by atoms with Crippen molar-refractivity contribution in [3.8, 4) is 11.8 Å². The van der Waals surface area contributed by atoms with Crippen LogP contribution in [0.2, 0.25) is 0 Å². The van der Waals surface area contributed by atoms with Crippen molar-refractivity contribution < 1.29 is 9.53 Å². The first kappa shape index (κ1) is 12.7. The largest absolute Gasteiger partial charge is 0.484 e. The van der Waals surface area contributed by atoms with E-state index in [1.165, 1.54) is 0 Å². The summed E-state index contributed by atoms with van der Waals surface area (Å²) >= 11 is 0. The Kier molecular flexibility index (Phi) is 2.58. The van der Waals surface area contributed by atoms with Gasteiger partial charge in [-0.15, -0.1) is 0 Å². The number of carbonyl (C=O) groups is 1. The lowest BCUT2D eigenvalue weighted by Gasteiger charge is -2.39. The lowest BCUT2D eigenvalue weighted by atomic mass is 9.73. The minimum absolute atomic E-state index is 0.0334. The van der Waals surface area contributed by atoms with E-state index in [1.807, 2.05) is 45.0 Å². The second kappa shape index (κ2) is 4.08. The molecule has 3 rings (SSSR count). The molecule has 1 aliphatic heterocycles. The van der Waals surface area contributed by atoms with E-state index in [1.54, 1.807) is 6.08 Å². The van der Waals surface area contributed by atoms with Crippen molar-refractivity contribution in [2.75, 3.05) is 0 Å². The summed E-state index contributed by atoms with van der Waals surface area (Å²) in [4.78, 5) is 12.7. The fraction of sp³-hybridized carbons (Fsp3) is 0.294. The fourth-order valence-electron chi connectivity index (χ4n) is 2.83. The molecule has 0 radical (unpaired) electrons. The van der Waals surface area contributed by atoms with E-state index in [-0.39, 0.29) is 17.3 Å². The normalized spacial score (nSPS) is 22.7. The Hall–Kier alpha value is -2.34. The van der Waals surface area contributed by atoms with E-state index in [0.29, 0.717) is 22.5 Å². The van der Waals surface area contributed by atoms with Crippen LogP contribution in [0.1, 0.15) is 29.8 Å². The maximum atomic E-state index is 12.7. The Morgan fingerprint density at radius 2 is 2.10 bits per heavy atom. The maximum absolute atomic E-state index is 12.7. The number of allylic oxidation sites excluding steroid dienone is 2. The molecule has 0 aromatic heterocycles. The number of hydrogen-bond acceptors (Lipinski definition) is 3. The molecule has 1 unspecified atom stereocenters. The van der Waals surface area contributed by atoms with E-state index in [0.717, 1.165) is 5.56 Å². The van der Waals surface area contributed by atoms with Crippen LogP contribution in [0.4, 0.5) is 0 Å². The van der Waals surface area contributed by atoms with E-state index in [4.69, 9.17) is 10.00 Å². The van der Waals surface area contributed by atoms with Crippen molar-refractivity contribution in [2.45, 2.75) is 26.9 Å². The van der Waals surface area contributed by atoms with Gasteiger partial charge in [0.15, 0.2) is 5.78 Å². The van der Waals surface area contributed by atoms with Gasteiger partial charge in [-0.25, -0.2) is 0 Å². The van der Waals surface area contributed by atoms with Gasteiger partial charge in [0.25, 0.3) is 0 Å². The molecule has 0 amide bonds. The number of hydrogen-bond donors (Lipinski definition) is 0. The Balaban J connectivity index is 2.18. The van der Waals surface area contributed by atoms with Crippen molar-refractivity contribution >= 4 is 5.78 Å². The highest BCUT2D eigenvalue weighted by Crippen LogP contribution is 2.42. The van der Waals surface area contributed by atoms with Crippen LogP contribution >= 0.6 is 0 Å². The number of Topliss-reactive ketones (excluding diaryl/α,β-unsaturated/α-hetero) is 1. The van der Waals surface area contributed by atoms with E-state index in [2.05, 4.69) is 6.07 Å². The van der Waals surface area contributed by atoms with Gasteiger partial charge < -0.3 is 4.74 Å². The predicted octanol–water partition coefficient (Wildman–Crippen LogP) is 3.35. The number of carbonyl (C=O) groups excluding carboxylic acids is 1. The van der Waals surface area contributed by atoms with Gasteiger partial charge in [0.1, 0.15) is 11.9 Å². The Bertz CT molecular complexity index is 717. The van der Waals surface area contributed by atoms with Crippen molar-refractivity contribution in [2.24, 2.45) is 5.41 Å². The molecule has 0 saturated carbocycles. The average molecular weight is 265 g/mol. The van der Waals surface area contributed by atoms with Gasteiger partial charge in [-0.1, -0.05) is 31.6 Å². The van der Waals surface area contributed by atoms with Gasteiger partial charge >= 0.3 is 0 Å². The Morgan fingerprint density at radius 3 is 2.80 bits per heavy atom. The highest BCUT2D eigenvalue weighted by Gasteiger charge is 2.42. The maximum Gasteiger partial charge on any atom is 0.196 e. The molecule has 0 bridgehead atoms. The molecular formula is C17H15NO2. The number of nitrogens with zero attached hydrogens (tertiary/aromatic N) is 1. The quantitative estimate of drug-likeness (QED) is 0.722. The van der Waals surface area contributed by atoms with E-state index >= 15 is 0 Å². The minimum atomic E-state index is -0.382. The van der Waals surface area contributed by atoms with Crippen LogP contribution in [0, 0.1) is 23.7 Å². The van der Waals surface area contributed by atoms with Gasteiger partial charge in [0.05, 0.1) is 11.6 Å². The fourth-order valence-corrected chi connectivity index (χ4v) is 2.83. The summed E-state index contributed by atoms with van der Waals surface area (Å²) in [5.74, 6) is 0.596. The first-order valence-corrected chi connectivity index (χ1v) is 6.59. The van der Waals surface area contributed by atoms with Crippen molar-refractivity contribution in [3.63, 3.8) is 0 Å². The van der Waals surface area contributed by atoms with E-state index < -0.39 is 0 Å². The zero-order valence-electron chi connectivity index (χ0n) is 11.7. The summed E-state index contributed by atoms with van der Waals surface area (Å²) in [5, 5.41) is 9.12. The number of ether oxygens (including phenoxy) is 1. The van der Waals surface area contributed by atoms with Crippen molar-refractivity contribution in [1.29, 1.82) is 5.26 Å². The molecule has 0 spiro atoms. The van der Waals surface area contributed by atoms with Crippen LogP contribution in [0.15, 0.2) is 41.5 Å². The highest BCUT2D eigenvalue weighted by atomic mass is 16.5. The van der Waals surface area contributed by atoms with Crippen LogP contribution in [0.3, 0.4) is 0 Å². The SMILES string of the molecule is Cc1ccc2c(c1)C(=O)C1=CC(C#N)=CC(C)(C)C1O2. The number of benzene rings is 1. The zero-order valence-corrected chi connectivity index (χ0v) is 11.7. The van der Waals surface area contributed by atoms with Crippen molar-refractivity contribution in [3.05, 3.63) is 52.6 Å². The zero-order chi connectivity index (χ0) is 14.5. The third kappa shape index (κ3) is 1.77. The summed E-state index contributed by atoms with van der Waals surface area (Å²) in [6.45, 7) is 5.91. The summed E-state index contributed by atoms with van der Waals surface area (Å²) in [5.41, 5.74) is 2.32. The van der Waals surface area contributed by atoms with Crippen molar-refractivity contribution in [1.82, 2.24) is 0 Å². The predicted molar refractivity (Wildman–Crippen MR) is 75.5 cm³/mol. The Labute approximate surface area is 118 Å². The number of aryl methyl sites for hydroxylation is 1. The second-order valence-corrected chi connectivity index (χ2v) is 5.96. The molecule has 1 aromatic carbocycles. The third-order valence-electron chi connectivity index (χ3n) is 3.81. The molecule has 2 aliphatic rings. The molecule has 1 aromatic rings. The molecule has 1 heterocycles. The molecule has 0 saturated heterocycles. The highest BCUT2D eigenvalue weighted by molar-refractivity contribution is 6.13. The van der Waals surface area contributed by atoms with E-state index in [9.17, 15) is 4.79 Å². The smallest absolute Gasteiger partial charge is 0.196 e. The molecule has 3 heteroatoms. The summed E-state index contributed by atoms with van der Waals surface area (Å²) in [6.07, 6.45) is 3.19.